The molecule has 0 saturated carbocycles. The first-order valence-electron chi connectivity index (χ1n) is 6.05. The summed E-state index contributed by atoms with van der Waals surface area (Å²) in [6.45, 7) is 7.12. The third-order valence-corrected chi connectivity index (χ3v) is 2.87. The molecule has 0 fully saturated rings. The van der Waals surface area contributed by atoms with E-state index in [9.17, 15) is 4.79 Å². The first-order valence-corrected chi connectivity index (χ1v) is 6.05. The van der Waals surface area contributed by atoms with Crippen LogP contribution in [0.5, 0.6) is 0 Å². The van der Waals surface area contributed by atoms with Crippen molar-refractivity contribution in [2.45, 2.75) is 46.1 Å². The summed E-state index contributed by atoms with van der Waals surface area (Å²) in [7, 11) is 0. The van der Waals surface area contributed by atoms with Gasteiger partial charge in [-0.25, -0.2) is 0 Å². The minimum absolute atomic E-state index is 0.00722. The molecule has 0 spiro atoms. The zero-order chi connectivity index (χ0) is 12.0. The molecule has 1 amide bonds. The Morgan fingerprint density at radius 2 is 2.25 bits per heavy atom. The highest BCUT2D eigenvalue weighted by Crippen LogP contribution is 2.12. The zero-order valence-electron chi connectivity index (χ0n) is 10.4. The standard InChI is InChI=1S/C13H21NO2/c1-4-6-9-14(11(3)5-2)13(15)12-8-7-10-16-12/h7-8,10-11H,4-6,9H2,1-3H3. The van der Waals surface area contributed by atoms with E-state index in [2.05, 4.69) is 20.8 Å². The van der Waals surface area contributed by atoms with Gasteiger partial charge in [0.1, 0.15) is 0 Å². The second-order valence-corrected chi connectivity index (χ2v) is 4.09. The van der Waals surface area contributed by atoms with Crippen LogP contribution in [0.15, 0.2) is 22.8 Å². The Balaban J connectivity index is 2.71. The molecule has 0 aliphatic heterocycles. The highest BCUT2D eigenvalue weighted by Gasteiger charge is 2.21. The number of amides is 1. The molecular weight excluding hydrogens is 202 g/mol. The minimum atomic E-state index is 0.00722. The molecule has 0 bridgehead atoms. The second kappa shape index (κ2) is 6.36. The SMILES string of the molecule is CCCCN(C(=O)c1ccco1)C(C)CC. The van der Waals surface area contributed by atoms with Crippen LogP contribution in [0.3, 0.4) is 0 Å². The largest absolute Gasteiger partial charge is 0.459 e. The molecule has 1 aromatic rings. The normalized spacial score (nSPS) is 12.4. The van der Waals surface area contributed by atoms with Crippen molar-refractivity contribution >= 4 is 5.91 Å². The van der Waals surface area contributed by atoms with Crippen molar-refractivity contribution in [3.8, 4) is 0 Å². The number of carbonyl (C=O) groups is 1. The molecule has 16 heavy (non-hydrogen) atoms. The molecule has 1 heterocycles. The summed E-state index contributed by atoms with van der Waals surface area (Å²) >= 11 is 0. The van der Waals surface area contributed by atoms with E-state index < -0.39 is 0 Å². The van der Waals surface area contributed by atoms with Gasteiger partial charge >= 0.3 is 0 Å². The van der Waals surface area contributed by atoms with E-state index in [1.165, 1.54) is 0 Å². The van der Waals surface area contributed by atoms with Crippen molar-refractivity contribution in [2.24, 2.45) is 0 Å². The summed E-state index contributed by atoms with van der Waals surface area (Å²) in [5, 5.41) is 0. The quantitative estimate of drug-likeness (QED) is 0.741. The van der Waals surface area contributed by atoms with E-state index in [0.29, 0.717) is 5.76 Å². The Morgan fingerprint density at radius 3 is 2.75 bits per heavy atom. The summed E-state index contributed by atoms with van der Waals surface area (Å²) in [4.78, 5) is 14.0. The number of unbranched alkanes of at least 4 members (excludes halogenated alkanes) is 1. The van der Waals surface area contributed by atoms with E-state index in [4.69, 9.17) is 4.42 Å². The van der Waals surface area contributed by atoms with E-state index >= 15 is 0 Å². The number of rotatable bonds is 6. The van der Waals surface area contributed by atoms with E-state index in [-0.39, 0.29) is 11.9 Å². The molecular formula is C13H21NO2. The summed E-state index contributed by atoms with van der Waals surface area (Å²) in [5.41, 5.74) is 0. The summed E-state index contributed by atoms with van der Waals surface area (Å²) in [5.74, 6) is 0.448. The molecule has 0 aromatic carbocycles. The van der Waals surface area contributed by atoms with Gasteiger partial charge in [0.25, 0.3) is 5.91 Å². The molecule has 0 aliphatic carbocycles. The lowest BCUT2D eigenvalue weighted by atomic mass is 10.2. The molecule has 1 unspecified atom stereocenters. The van der Waals surface area contributed by atoms with Gasteiger partial charge in [-0.15, -0.1) is 0 Å². The van der Waals surface area contributed by atoms with Gasteiger partial charge < -0.3 is 9.32 Å². The highest BCUT2D eigenvalue weighted by atomic mass is 16.3. The van der Waals surface area contributed by atoms with Crippen molar-refractivity contribution in [2.75, 3.05) is 6.54 Å². The molecule has 0 aliphatic rings. The van der Waals surface area contributed by atoms with Crippen LogP contribution in [0.4, 0.5) is 0 Å². The van der Waals surface area contributed by atoms with Crippen LogP contribution in [0.2, 0.25) is 0 Å². The Hall–Kier alpha value is -1.25. The number of furan rings is 1. The maximum Gasteiger partial charge on any atom is 0.289 e. The Labute approximate surface area is 97.4 Å². The van der Waals surface area contributed by atoms with E-state index in [1.54, 1.807) is 18.4 Å². The molecule has 1 aromatic heterocycles. The average Bonchev–Trinajstić information content (AvgIpc) is 2.82. The molecule has 0 N–H and O–H groups in total. The monoisotopic (exact) mass is 223 g/mol. The number of hydrogen-bond acceptors (Lipinski definition) is 2. The van der Waals surface area contributed by atoms with Gasteiger partial charge in [0.05, 0.1) is 6.26 Å². The number of nitrogens with zero attached hydrogens (tertiary/aromatic N) is 1. The molecule has 0 radical (unpaired) electrons. The summed E-state index contributed by atoms with van der Waals surface area (Å²) in [6.07, 6.45) is 4.65. The van der Waals surface area contributed by atoms with Crippen molar-refractivity contribution in [1.29, 1.82) is 0 Å². The fourth-order valence-corrected chi connectivity index (χ4v) is 1.61. The summed E-state index contributed by atoms with van der Waals surface area (Å²) < 4.78 is 5.16. The van der Waals surface area contributed by atoms with Crippen LogP contribution < -0.4 is 0 Å². The van der Waals surface area contributed by atoms with Crippen molar-refractivity contribution in [3.63, 3.8) is 0 Å². The molecule has 1 rings (SSSR count). The topological polar surface area (TPSA) is 33.5 Å². The highest BCUT2D eigenvalue weighted by molar-refractivity contribution is 5.91. The third-order valence-electron chi connectivity index (χ3n) is 2.87. The summed E-state index contributed by atoms with van der Waals surface area (Å²) in [6, 6.07) is 3.75. The van der Waals surface area contributed by atoms with Crippen LogP contribution in [-0.2, 0) is 0 Å². The van der Waals surface area contributed by atoms with Gasteiger partial charge in [0.15, 0.2) is 5.76 Å². The maximum atomic E-state index is 12.1. The first-order chi connectivity index (χ1) is 7.70. The zero-order valence-corrected chi connectivity index (χ0v) is 10.4. The number of hydrogen-bond donors (Lipinski definition) is 0. The smallest absolute Gasteiger partial charge is 0.289 e. The molecule has 1 atom stereocenters. The second-order valence-electron chi connectivity index (χ2n) is 4.09. The first kappa shape index (κ1) is 12.8. The number of carbonyl (C=O) groups excluding carboxylic acids is 1. The lowest BCUT2D eigenvalue weighted by molar-refractivity contribution is 0.0652. The fraction of sp³-hybridized carbons (Fsp3) is 0.615. The van der Waals surface area contributed by atoms with Crippen LogP contribution in [0.25, 0.3) is 0 Å². The van der Waals surface area contributed by atoms with Gasteiger partial charge in [0.2, 0.25) is 0 Å². The lowest BCUT2D eigenvalue weighted by Crippen LogP contribution is -2.38. The van der Waals surface area contributed by atoms with Gasteiger partial charge in [-0.2, -0.15) is 0 Å². The fourth-order valence-electron chi connectivity index (χ4n) is 1.61. The van der Waals surface area contributed by atoms with Gasteiger partial charge in [-0.3, -0.25) is 4.79 Å². The Morgan fingerprint density at radius 1 is 1.50 bits per heavy atom. The third kappa shape index (κ3) is 3.12. The Bertz CT molecular complexity index is 306. The van der Waals surface area contributed by atoms with Crippen molar-refractivity contribution in [1.82, 2.24) is 4.90 Å². The van der Waals surface area contributed by atoms with Crippen molar-refractivity contribution < 1.29 is 9.21 Å². The van der Waals surface area contributed by atoms with Gasteiger partial charge in [-0.1, -0.05) is 20.3 Å². The van der Waals surface area contributed by atoms with E-state index in [1.807, 2.05) is 4.90 Å². The minimum Gasteiger partial charge on any atom is -0.459 e. The van der Waals surface area contributed by atoms with Crippen LogP contribution in [-0.4, -0.2) is 23.4 Å². The predicted octanol–water partition coefficient (Wildman–Crippen LogP) is 3.32. The molecule has 90 valence electrons. The Kier molecular flexibility index (Phi) is 5.09. The predicted molar refractivity (Wildman–Crippen MR) is 64.4 cm³/mol. The van der Waals surface area contributed by atoms with Crippen LogP contribution >= 0.6 is 0 Å². The molecule has 0 saturated heterocycles. The van der Waals surface area contributed by atoms with Crippen LogP contribution in [0, 0.1) is 0 Å². The van der Waals surface area contributed by atoms with Crippen LogP contribution in [0.1, 0.15) is 50.6 Å². The van der Waals surface area contributed by atoms with Gasteiger partial charge in [0, 0.05) is 12.6 Å². The maximum absolute atomic E-state index is 12.1. The lowest BCUT2D eigenvalue weighted by Gasteiger charge is -2.27. The van der Waals surface area contributed by atoms with Crippen molar-refractivity contribution in [3.05, 3.63) is 24.2 Å². The van der Waals surface area contributed by atoms with E-state index in [0.717, 1.165) is 25.8 Å². The molecule has 3 nitrogen and oxygen atoms in total. The van der Waals surface area contributed by atoms with Gasteiger partial charge in [-0.05, 0) is 31.9 Å². The average molecular weight is 223 g/mol. The molecule has 3 heteroatoms.